The highest BCUT2D eigenvalue weighted by molar-refractivity contribution is 5.93. The minimum atomic E-state index is -0.465. The van der Waals surface area contributed by atoms with E-state index in [0.29, 0.717) is 18.3 Å². The number of hydrogen-bond acceptors (Lipinski definition) is 5. The molecule has 2 N–H and O–H groups in total. The highest BCUT2D eigenvalue weighted by atomic mass is 16.6. The maximum Gasteiger partial charge on any atom is 0.271 e. The molecule has 21 heavy (non-hydrogen) atoms. The standard InChI is InChI=1S/C14H20N4O3/c1-10-3-4-12(18(20)21)7-13(10)16-14(19)9-17-6-5-15-8-11(17)2/h3-4,7,11,15H,5-6,8-9H2,1-2H3,(H,16,19)/t11-/m0/s1. The van der Waals surface area contributed by atoms with Gasteiger partial charge in [-0.05, 0) is 19.4 Å². The number of nitro benzene ring substituents is 1. The molecule has 7 heteroatoms. The van der Waals surface area contributed by atoms with E-state index in [-0.39, 0.29) is 11.6 Å². The van der Waals surface area contributed by atoms with E-state index < -0.39 is 4.92 Å². The van der Waals surface area contributed by atoms with Gasteiger partial charge in [0.25, 0.3) is 5.69 Å². The Balaban J connectivity index is 2.02. The monoisotopic (exact) mass is 292 g/mol. The highest BCUT2D eigenvalue weighted by Crippen LogP contribution is 2.21. The molecule has 114 valence electrons. The average Bonchev–Trinajstić information content (AvgIpc) is 2.43. The Hall–Kier alpha value is -1.99. The molecular formula is C14H20N4O3. The van der Waals surface area contributed by atoms with Crippen molar-refractivity contribution in [3.05, 3.63) is 33.9 Å². The molecule has 1 atom stereocenters. The van der Waals surface area contributed by atoms with E-state index in [1.807, 2.05) is 6.92 Å². The fraction of sp³-hybridized carbons (Fsp3) is 0.500. The van der Waals surface area contributed by atoms with Crippen LogP contribution in [-0.2, 0) is 4.79 Å². The number of amides is 1. The number of nitrogens with zero attached hydrogens (tertiary/aromatic N) is 2. The van der Waals surface area contributed by atoms with Crippen LogP contribution in [0.25, 0.3) is 0 Å². The zero-order valence-electron chi connectivity index (χ0n) is 12.3. The van der Waals surface area contributed by atoms with Crippen LogP contribution in [0.4, 0.5) is 11.4 Å². The highest BCUT2D eigenvalue weighted by Gasteiger charge is 2.20. The molecule has 1 aromatic carbocycles. The number of nitro groups is 1. The van der Waals surface area contributed by atoms with E-state index in [1.165, 1.54) is 12.1 Å². The second kappa shape index (κ2) is 6.64. The van der Waals surface area contributed by atoms with Gasteiger partial charge >= 0.3 is 0 Å². The summed E-state index contributed by atoms with van der Waals surface area (Å²) in [6, 6.07) is 4.77. The number of carbonyl (C=O) groups is 1. The second-order valence-electron chi connectivity index (χ2n) is 5.33. The van der Waals surface area contributed by atoms with Gasteiger partial charge in [-0.25, -0.2) is 0 Å². The third-order valence-electron chi connectivity index (χ3n) is 3.69. The van der Waals surface area contributed by atoms with E-state index in [1.54, 1.807) is 6.07 Å². The first-order valence-corrected chi connectivity index (χ1v) is 6.97. The summed E-state index contributed by atoms with van der Waals surface area (Å²) in [5.74, 6) is -0.146. The first kappa shape index (κ1) is 15.4. The van der Waals surface area contributed by atoms with Crippen molar-refractivity contribution in [2.45, 2.75) is 19.9 Å². The molecular weight excluding hydrogens is 272 g/mol. The summed E-state index contributed by atoms with van der Waals surface area (Å²) in [7, 11) is 0. The van der Waals surface area contributed by atoms with Gasteiger partial charge in [0.1, 0.15) is 0 Å². The van der Waals surface area contributed by atoms with E-state index in [2.05, 4.69) is 22.5 Å². The number of aryl methyl sites for hydroxylation is 1. The number of benzene rings is 1. The topological polar surface area (TPSA) is 87.5 Å². The van der Waals surface area contributed by atoms with Gasteiger partial charge in [-0.15, -0.1) is 0 Å². The number of non-ortho nitro benzene ring substituents is 1. The van der Waals surface area contributed by atoms with Crippen LogP contribution in [0.1, 0.15) is 12.5 Å². The summed E-state index contributed by atoms with van der Waals surface area (Å²) in [4.78, 5) is 24.5. The number of hydrogen-bond donors (Lipinski definition) is 2. The third-order valence-corrected chi connectivity index (χ3v) is 3.69. The maximum absolute atomic E-state index is 12.1. The van der Waals surface area contributed by atoms with Crippen LogP contribution in [0.15, 0.2) is 18.2 Å². The molecule has 1 aliphatic heterocycles. The van der Waals surface area contributed by atoms with Crippen LogP contribution in [0.3, 0.4) is 0 Å². The molecule has 0 unspecified atom stereocenters. The summed E-state index contributed by atoms with van der Waals surface area (Å²) in [5.41, 5.74) is 1.28. The fourth-order valence-electron chi connectivity index (χ4n) is 2.35. The predicted octanol–water partition coefficient (Wildman–Crippen LogP) is 1.14. The summed E-state index contributed by atoms with van der Waals surface area (Å²) in [6.07, 6.45) is 0. The Morgan fingerprint density at radius 3 is 3.00 bits per heavy atom. The van der Waals surface area contributed by atoms with Crippen molar-refractivity contribution in [1.29, 1.82) is 0 Å². The lowest BCUT2D eigenvalue weighted by molar-refractivity contribution is -0.384. The van der Waals surface area contributed by atoms with Gasteiger partial charge in [-0.1, -0.05) is 6.07 Å². The maximum atomic E-state index is 12.1. The Morgan fingerprint density at radius 2 is 2.33 bits per heavy atom. The van der Waals surface area contributed by atoms with Crippen LogP contribution in [-0.4, -0.2) is 48.0 Å². The molecule has 1 amide bonds. The van der Waals surface area contributed by atoms with Crippen LogP contribution < -0.4 is 10.6 Å². The van der Waals surface area contributed by atoms with Gasteiger partial charge in [-0.2, -0.15) is 0 Å². The molecule has 0 bridgehead atoms. The molecule has 1 heterocycles. The van der Waals surface area contributed by atoms with Gasteiger partial charge < -0.3 is 10.6 Å². The van der Waals surface area contributed by atoms with Crippen molar-refractivity contribution >= 4 is 17.3 Å². The molecule has 0 aromatic heterocycles. The van der Waals surface area contributed by atoms with Crippen molar-refractivity contribution in [3.8, 4) is 0 Å². The van der Waals surface area contributed by atoms with Gasteiger partial charge in [0.05, 0.1) is 17.2 Å². The number of rotatable bonds is 4. The lowest BCUT2D eigenvalue weighted by Gasteiger charge is -2.33. The molecule has 1 fully saturated rings. The van der Waals surface area contributed by atoms with E-state index in [4.69, 9.17) is 0 Å². The van der Waals surface area contributed by atoms with Gasteiger partial charge in [-0.3, -0.25) is 19.8 Å². The van der Waals surface area contributed by atoms with Crippen LogP contribution in [0, 0.1) is 17.0 Å². The normalized spacial score (nSPS) is 19.2. The lowest BCUT2D eigenvalue weighted by Crippen LogP contribution is -2.52. The van der Waals surface area contributed by atoms with Crippen molar-refractivity contribution in [3.63, 3.8) is 0 Å². The molecule has 2 rings (SSSR count). The van der Waals surface area contributed by atoms with Crippen LogP contribution in [0.5, 0.6) is 0 Å². The van der Waals surface area contributed by atoms with E-state index in [0.717, 1.165) is 25.2 Å². The largest absolute Gasteiger partial charge is 0.324 e. The van der Waals surface area contributed by atoms with Gasteiger partial charge in [0.15, 0.2) is 0 Å². The third kappa shape index (κ3) is 3.99. The quantitative estimate of drug-likeness (QED) is 0.642. The minimum absolute atomic E-state index is 0.0218. The summed E-state index contributed by atoms with van der Waals surface area (Å²) in [6.45, 7) is 6.73. The summed E-state index contributed by atoms with van der Waals surface area (Å²) in [5, 5.41) is 16.8. The van der Waals surface area contributed by atoms with Crippen LogP contribution in [0.2, 0.25) is 0 Å². The number of carbonyl (C=O) groups excluding carboxylic acids is 1. The minimum Gasteiger partial charge on any atom is -0.324 e. The Bertz CT molecular complexity index is 547. The van der Waals surface area contributed by atoms with E-state index >= 15 is 0 Å². The smallest absolute Gasteiger partial charge is 0.271 e. The molecule has 0 aliphatic carbocycles. The Kier molecular flexibility index (Phi) is 4.87. The first-order chi connectivity index (χ1) is 9.97. The predicted molar refractivity (Wildman–Crippen MR) is 80.4 cm³/mol. The van der Waals surface area contributed by atoms with Crippen molar-refractivity contribution in [2.24, 2.45) is 0 Å². The zero-order chi connectivity index (χ0) is 15.4. The average molecular weight is 292 g/mol. The Morgan fingerprint density at radius 1 is 1.57 bits per heavy atom. The molecule has 1 aliphatic rings. The summed E-state index contributed by atoms with van der Waals surface area (Å²) >= 11 is 0. The Labute approximate surface area is 123 Å². The fourth-order valence-corrected chi connectivity index (χ4v) is 2.35. The van der Waals surface area contributed by atoms with E-state index in [9.17, 15) is 14.9 Å². The molecule has 1 aromatic rings. The van der Waals surface area contributed by atoms with Gasteiger partial charge in [0, 0.05) is 37.8 Å². The number of nitrogens with one attached hydrogen (secondary N) is 2. The van der Waals surface area contributed by atoms with Gasteiger partial charge in [0.2, 0.25) is 5.91 Å². The number of piperazine rings is 1. The van der Waals surface area contributed by atoms with Crippen molar-refractivity contribution in [1.82, 2.24) is 10.2 Å². The molecule has 0 saturated carbocycles. The zero-order valence-corrected chi connectivity index (χ0v) is 12.3. The molecule has 7 nitrogen and oxygen atoms in total. The number of anilines is 1. The SMILES string of the molecule is Cc1ccc([N+](=O)[O-])cc1NC(=O)CN1CCNC[C@@H]1C. The summed E-state index contributed by atoms with van der Waals surface area (Å²) < 4.78 is 0. The second-order valence-corrected chi connectivity index (χ2v) is 5.33. The first-order valence-electron chi connectivity index (χ1n) is 6.97. The van der Waals surface area contributed by atoms with Crippen molar-refractivity contribution < 1.29 is 9.72 Å². The lowest BCUT2D eigenvalue weighted by atomic mass is 10.1. The molecule has 0 radical (unpaired) electrons. The molecule has 0 spiro atoms. The van der Waals surface area contributed by atoms with Crippen molar-refractivity contribution in [2.75, 3.05) is 31.5 Å². The molecule has 1 saturated heterocycles. The van der Waals surface area contributed by atoms with Crippen LogP contribution >= 0.6 is 0 Å².